The molecule has 1 heterocycles. The van der Waals surface area contributed by atoms with Gasteiger partial charge in [-0.05, 0) is 12.8 Å². The van der Waals surface area contributed by atoms with Crippen LogP contribution in [0.2, 0.25) is 0 Å². The van der Waals surface area contributed by atoms with Crippen molar-refractivity contribution in [3.05, 3.63) is 6.33 Å². The number of anilines is 3. The maximum atomic E-state index is 5.83. The molecule has 1 aromatic rings. The first-order valence-electron chi connectivity index (χ1n) is 5.87. The van der Waals surface area contributed by atoms with Crippen LogP contribution in [0, 0.1) is 0 Å². The van der Waals surface area contributed by atoms with Crippen LogP contribution in [0.25, 0.3) is 0 Å². The smallest absolute Gasteiger partial charge is 0.155 e. The zero-order chi connectivity index (χ0) is 12.3. The van der Waals surface area contributed by atoms with E-state index in [1.165, 1.54) is 19.2 Å². The van der Waals surface area contributed by atoms with Gasteiger partial charge in [0.1, 0.15) is 12.0 Å². The molecule has 2 rings (SSSR count). The molecule has 1 aliphatic rings. The number of aromatic nitrogens is 2. The van der Waals surface area contributed by atoms with E-state index in [-0.39, 0.29) is 12.1 Å². The zero-order valence-electron chi connectivity index (χ0n) is 10.0. The van der Waals surface area contributed by atoms with Crippen LogP contribution in [0.3, 0.4) is 0 Å². The number of methoxy groups -OCH3 is 1. The highest BCUT2D eigenvalue weighted by Crippen LogP contribution is 2.26. The molecule has 0 spiro atoms. The first-order valence-corrected chi connectivity index (χ1v) is 5.87. The standard InChI is InChI=1S/C11H19N5O/c1-17-8-5-3-2-4-7(8)16-11-9(12)10(13)14-6-15-11/h6-8H,2-5,12H2,1H3,(H3,13,14,15,16). The van der Waals surface area contributed by atoms with Gasteiger partial charge in [-0.3, -0.25) is 0 Å². The molecule has 0 bridgehead atoms. The van der Waals surface area contributed by atoms with Crippen molar-refractivity contribution in [2.24, 2.45) is 0 Å². The molecule has 0 saturated heterocycles. The average Bonchev–Trinajstić information content (AvgIpc) is 2.35. The minimum atomic E-state index is 0.208. The Morgan fingerprint density at radius 2 is 2.06 bits per heavy atom. The second-order valence-corrected chi connectivity index (χ2v) is 4.33. The third-order valence-electron chi connectivity index (χ3n) is 3.24. The molecule has 0 aliphatic heterocycles. The van der Waals surface area contributed by atoms with E-state index in [4.69, 9.17) is 16.2 Å². The van der Waals surface area contributed by atoms with Crippen molar-refractivity contribution < 1.29 is 4.74 Å². The Bertz CT molecular complexity index is 384. The van der Waals surface area contributed by atoms with Gasteiger partial charge in [0, 0.05) is 7.11 Å². The van der Waals surface area contributed by atoms with Crippen LogP contribution >= 0.6 is 0 Å². The number of hydrogen-bond acceptors (Lipinski definition) is 6. The molecule has 94 valence electrons. The molecule has 6 heteroatoms. The van der Waals surface area contributed by atoms with Gasteiger partial charge in [-0.15, -0.1) is 0 Å². The third kappa shape index (κ3) is 2.58. The summed E-state index contributed by atoms with van der Waals surface area (Å²) in [6, 6.07) is 0.241. The Morgan fingerprint density at radius 3 is 2.82 bits per heavy atom. The molecular weight excluding hydrogens is 218 g/mol. The van der Waals surface area contributed by atoms with E-state index >= 15 is 0 Å². The van der Waals surface area contributed by atoms with Crippen molar-refractivity contribution in [1.29, 1.82) is 0 Å². The Kier molecular flexibility index (Phi) is 3.63. The summed E-state index contributed by atoms with van der Waals surface area (Å²) in [6.07, 6.45) is 6.14. The molecule has 0 amide bonds. The zero-order valence-corrected chi connectivity index (χ0v) is 10.0. The number of hydrogen-bond donors (Lipinski definition) is 3. The van der Waals surface area contributed by atoms with Crippen molar-refractivity contribution in [2.75, 3.05) is 23.9 Å². The van der Waals surface area contributed by atoms with Gasteiger partial charge in [0.15, 0.2) is 11.6 Å². The van der Waals surface area contributed by atoms with Crippen LogP contribution < -0.4 is 16.8 Å². The predicted octanol–water partition coefficient (Wildman–Crippen LogP) is 1.01. The molecule has 1 saturated carbocycles. The summed E-state index contributed by atoms with van der Waals surface area (Å²) in [5.74, 6) is 0.915. The highest BCUT2D eigenvalue weighted by molar-refractivity contribution is 5.72. The fourth-order valence-corrected chi connectivity index (χ4v) is 2.24. The lowest BCUT2D eigenvalue weighted by atomic mass is 9.92. The minimum absolute atomic E-state index is 0.208. The van der Waals surface area contributed by atoms with Crippen molar-refractivity contribution in [1.82, 2.24) is 9.97 Å². The molecule has 0 radical (unpaired) electrons. The molecule has 1 fully saturated rings. The molecule has 1 aromatic heterocycles. The number of nitrogens with two attached hydrogens (primary N) is 2. The van der Waals surface area contributed by atoms with Gasteiger partial charge in [-0.2, -0.15) is 0 Å². The van der Waals surface area contributed by atoms with Crippen molar-refractivity contribution in [3.8, 4) is 0 Å². The van der Waals surface area contributed by atoms with Gasteiger partial charge >= 0.3 is 0 Å². The third-order valence-corrected chi connectivity index (χ3v) is 3.24. The first-order chi connectivity index (χ1) is 8.22. The first kappa shape index (κ1) is 11.9. The second kappa shape index (κ2) is 5.18. The van der Waals surface area contributed by atoms with Crippen LogP contribution in [0.15, 0.2) is 6.33 Å². The van der Waals surface area contributed by atoms with E-state index < -0.39 is 0 Å². The summed E-state index contributed by atoms with van der Waals surface area (Å²) in [7, 11) is 1.74. The van der Waals surface area contributed by atoms with Crippen molar-refractivity contribution in [3.63, 3.8) is 0 Å². The van der Waals surface area contributed by atoms with Gasteiger partial charge in [0.05, 0.1) is 12.1 Å². The van der Waals surface area contributed by atoms with Crippen molar-refractivity contribution >= 4 is 17.3 Å². The largest absolute Gasteiger partial charge is 0.393 e. The van der Waals surface area contributed by atoms with E-state index in [1.807, 2.05) is 0 Å². The maximum Gasteiger partial charge on any atom is 0.155 e. The summed E-state index contributed by atoms with van der Waals surface area (Å²) < 4.78 is 5.47. The van der Waals surface area contributed by atoms with Gasteiger partial charge in [0.2, 0.25) is 0 Å². The predicted molar refractivity (Wildman–Crippen MR) is 67.5 cm³/mol. The molecule has 0 aromatic carbocycles. The molecule has 2 unspecified atom stereocenters. The van der Waals surface area contributed by atoms with E-state index in [0.717, 1.165) is 12.8 Å². The lowest BCUT2D eigenvalue weighted by Crippen LogP contribution is -2.38. The SMILES string of the molecule is COC1CCCCC1Nc1ncnc(N)c1N. The Labute approximate surface area is 101 Å². The lowest BCUT2D eigenvalue weighted by Gasteiger charge is -2.31. The summed E-state index contributed by atoms with van der Waals surface area (Å²) in [6.45, 7) is 0. The van der Waals surface area contributed by atoms with E-state index in [0.29, 0.717) is 17.3 Å². The van der Waals surface area contributed by atoms with E-state index in [2.05, 4.69) is 15.3 Å². The summed E-state index contributed by atoms with van der Waals surface area (Å²) in [4.78, 5) is 7.96. The van der Waals surface area contributed by atoms with E-state index in [1.54, 1.807) is 7.11 Å². The highest BCUT2D eigenvalue weighted by Gasteiger charge is 2.25. The van der Waals surface area contributed by atoms with Crippen LogP contribution in [-0.2, 0) is 4.74 Å². The van der Waals surface area contributed by atoms with Gasteiger partial charge in [0.25, 0.3) is 0 Å². The van der Waals surface area contributed by atoms with Crippen LogP contribution in [0.4, 0.5) is 17.3 Å². The molecule has 1 aliphatic carbocycles. The molecule has 2 atom stereocenters. The summed E-state index contributed by atoms with van der Waals surface area (Å²) in [5, 5.41) is 3.31. The Hall–Kier alpha value is -1.56. The maximum absolute atomic E-state index is 5.83. The summed E-state index contributed by atoms with van der Waals surface area (Å²) in [5.41, 5.74) is 11.9. The number of nitrogens with one attached hydrogen (secondary N) is 1. The Balaban J connectivity index is 2.11. The minimum Gasteiger partial charge on any atom is -0.393 e. The fraction of sp³-hybridized carbons (Fsp3) is 0.636. The Morgan fingerprint density at radius 1 is 1.29 bits per heavy atom. The average molecular weight is 237 g/mol. The second-order valence-electron chi connectivity index (χ2n) is 4.33. The van der Waals surface area contributed by atoms with Gasteiger partial charge in [-0.1, -0.05) is 12.8 Å². The monoisotopic (exact) mass is 237 g/mol. The molecular formula is C11H19N5O. The topological polar surface area (TPSA) is 99.1 Å². The van der Waals surface area contributed by atoms with Crippen LogP contribution in [0.5, 0.6) is 0 Å². The number of nitrogen functional groups attached to an aromatic ring is 2. The van der Waals surface area contributed by atoms with E-state index in [9.17, 15) is 0 Å². The van der Waals surface area contributed by atoms with Gasteiger partial charge in [-0.25, -0.2) is 9.97 Å². The molecule has 5 N–H and O–H groups in total. The number of ether oxygens (including phenoxy) is 1. The van der Waals surface area contributed by atoms with Crippen LogP contribution in [0.1, 0.15) is 25.7 Å². The van der Waals surface area contributed by atoms with Gasteiger partial charge < -0.3 is 21.5 Å². The lowest BCUT2D eigenvalue weighted by molar-refractivity contribution is 0.0605. The fourth-order valence-electron chi connectivity index (χ4n) is 2.24. The molecule has 6 nitrogen and oxygen atoms in total. The van der Waals surface area contributed by atoms with Crippen molar-refractivity contribution in [2.45, 2.75) is 37.8 Å². The molecule has 17 heavy (non-hydrogen) atoms. The highest BCUT2D eigenvalue weighted by atomic mass is 16.5. The van der Waals surface area contributed by atoms with Crippen LogP contribution in [-0.4, -0.2) is 29.2 Å². The number of nitrogens with zero attached hydrogens (tertiary/aromatic N) is 2. The quantitative estimate of drug-likeness (QED) is 0.725. The summed E-state index contributed by atoms with van der Waals surface area (Å²) >= 11 is 0. The normalized spacial score (nSPS) is 24.5. The number of rotatable bonds is 3.